The summed E-state index contributed by atoms with van der Waals surface area (Å²) in [7, 11) is 0. The van der Waals surface area contributed by atoms with Gasteiger partial charge in [-0.1, -0.05) is 18.2 Å². The summed E-state index contributed by atoms with van der Waals surface area (Å²) in [6.45, 7) is 7.40. The number of halogens is 2. The van der Waals surface area contributed by atoms with Gasteiger partial charge in [-0.05, 0) is 18.6 Å². The second-order valence-corrected chi connectivity index (χ2v) is 4.81. The topological polar surface area (TPSA) is 27.1 Å². The van der Waals surface area contributed by atoms with Crippen LogP contribution >= 0.6 is 11.6 Å². The molecule has 94 valence electrons. The van der Waals surface area contributed by atoms with E-state index < -0.39 is 5.82 Å². The quantitative estimate of drug-likeness (QED) is 0.740. The summed E-state index contributed by atoms with van der Waals surface area (Å²) < 4.78 is 21.5. The van der Waals surface area contributed by atoms with E-state index in [0.29, 0.717) is 31.0 Å². The minimum absolute atomic E-state index is 0.104. The van der Waals surface area contributed by atoms with E-state index in [1.54, 1.807) is 0 Å². The zero-order valence-corrected chi connectivity index (χ0v) is 10.7. The highest BCUT2D eigenvalue weighted by Gasteiger charge is 2.21. The second-order valence-electron chi connectivity index (χ2n) is 4.45. The Labute approximate surface area is 109 Å². The Bertz CT molecular complexity index is 663. The lowest BCUT2D eigenvalue weighted by atomic mass is 10.1. The van der Waals surface area contributed by atoms with Gasteiger partial charge in [-0.3, -0.25) is 0 Å². The number of rotatable bonds is 1. The molecule has 0 atom stereocenters. The third kappa shape index (κ3) is 1.56. The Hall–Kier alpha value is -1.39. The van der Waals surface area contributed by atoms with Crippen molar-refractivity contribution in [1.29, 1.82) is 0 Å². The molecule has 0 spiro atoms. The van der Waals surface area contributed by atoms with Crippen LogP contribution in [0.3, 0.4) is 0 Å². The zero-order chi connectivity index (χ0) is 12.9. The van der Waals surface area contributed by atoms with E-state index >= 15 is 0 Å². The summed E-state index contributed by atoms with van der Waals surface area (Å²) in [5, 5.41) is 0.651. The highest BCUT2D eigenvalue weighted by molar-refractivity contribution is 6.30. The fourth-order valence-corrected chi connectivity index (χ4v) is 2.53. The first-order valence-electron chi connectivity index (χ1n) is 5.70. The molecule has 2 aromatic rings. The molecule has 2 aromatic heterocycles. The van der Waals surface area contributed by atoms with Gasteiger partial charge in [-0.25, -0.2) is 9.37 Å². The molecule has 0 aliphatic carbocycles. The number of nitrogens with zero attached hydrogens (tertiary/aromatic N) is 2. The van der Waals surface area contributed by atoms with Crippen LogP contribution in [0.2, 0.25) is 5.15 Å². The van der Waals surface area contributed by atoms with Crippen LogP contribution in [0.25, 0.3) is 16.5 Å². The average Bonchev–Trinajstić information content (AvgIpc) is 2.72. The van der Waals surface area contributed by atoms with E-state index in [1.165, 1.54) is 0 Å². The van der Waals surface area contributed by atoms with Gasteiger partial charge in [0.05, 0.1) is 24.4 Å². The summed E-state index contributed by atoms with van der Waals surface area (Å²) in [4.78, 5) is 4.08. The van der Waals surface area contributed by atoms with Crippen LogP contribution in [0.4, 0.5) is 4.39 Å². The molecule has 18 heavy (non-hydrogen) atoms. The summed E-state index contributed by atoms with van der Waals surface area (Å²) in [6, 6.07) is 1.91. The minimum atomic E-state index is -0.468. The molecule has 0 saturated carbocycles. The van der Waals surface area contributed by atoms with Crippen molar-refractivity contribution >= 4 is 28.1 Å². The summed E-state index contributed by atoms with van der Waals surface area (Å²) in [5.74, 6) is -0.468. The Morgan fingerprint density at radius 3 is 3.11 bits per heavy atom. The number of pyridine rings is 1. The average molecular weight is 267 g/mol. The van der Waals surface area contributed by atoms with Gasteiger partial charge < -0.3 is 9.30 Å². The first kappa shape index (κ1) is 11.7. The fraction of sp³-hybridized carbons (Fsp3) is 0.308. The van der Waals surface area contributed by atoms with Gasteiger partial charge in [-0.15, -0.1) is 0 Å². The van der Waals surface area contributed by atoms with Crippen molar-refractivity contribution in [2.75, 3.05) is 6.61 Å². The number of aromatic nitrogens is 2. The van der Waals surface area contributed by atoms with E-state index in [4.69, 9.17) is 16.3 Å². The standard InChI is InChI=1S/C13H12ClFN2O/c1-7(2)11-9-5-8-6-18-4-3-17(8)12(9)10(15)13(14)16-11/h5H,1,3-4,6H2,2H3. The number of allylic oxidation sites excluding steroid dienone is 1. The van der Waals surface area contributed by atoms with Gasteiger partial charge in [0.2, 0.25) is 0 Å². The van der Waals surface area contributed by atoms with Gasteiger partial charge >= 0.3 is 0 Å². The molecule has 3 rings (SSSR count). The maximum atomic E-state index is 14.2. The molecule has 0 N–H and O–H groups in total. The van der Waals surface area contributed by atoms with Crippen molar-refractivity contribution in [3.8, 4) is 0 Å². The Kier molecular flexibility index (Phi) is 2.64. The molecule has 0 radical (unpaired) electrons. The smallest absolute Gasteiger partial charge is 0.184 e. The van der Waals surface area contributed by atoms with Crippen molar-refractivity contribution in [3.05, 3.63) is 35.0 Å². The predicted molar refractivity (Wildman–Crippen MR) is 69.1 cm³/mol. The molecular weight excluding hydrogens is 255 g/mol. The van der Waals surface area contributed by atoms with Crippen LogP contribution in [0.15, 0.2) is 12.6 Å². The van der Waals surface area contributed by atoms with Crippen molar-refractivity contribution in [3.63, 3.8) is 0 Å². The van der Waals surface area contributed by atoms with Crippen LogP contribution < -0.4 is 0 Å². The van der Waals surface area contributed by atoms with Gasteiger partial charge in [0.25, 0.3) is 0 Å². The molecule has 5 heteroatoms. The molecule has 0 fully saturated rings. The monoisotopic (exact) mass is 266 g/mol. The number of fused-ring (bicyclic) bond motifs is 3. The van der Waals surface area contributed by atoms with Crippen molar-refractivity contribution < 1.29 is 9.13 Å². The molecule has 1 aliphatic heterocycles. The Balaban J connectivity index is 2.43. The summed E-state index contributed by atoms with van der Waals surface area (Å²) in [6.07, 6.45) is 0. The van der Waals surface area contributed by atoms with E-state index in [0.717, 1.165) is 16.7 Å². The third-order valence-corrected chi connectivity index (χ3v) is 3.40. The molecule has 0 aromatic carbocycles. The van der Waals surface area contributed by atoms with Crippen LogP contribution in [0.5, 0.6) is 0 Å². The van der Waals surface area contributed by atoms with E-state index in [1.807, 2.05) is 17.6 Å². The maximum Gasteiger partial charge on any atom is 0.184 e. The number of hydrogen-bond acceptors (Lipinski definition) is 2. The molecule has 0 amide bonds. The van der Waals surface area contributed by atoms with Crippen LogP contribution in [0.1, 0.15) is 18.3 Å². The molecule has 3 nitrogen and oxygen atoms in total. The van der Waals surface area contributed by atoms with E-state index in [-0.39, 0.29) is 5.15 Å². The molecule has 0 unspecified atom stereocenters. The molecule has 3 heterocycles. The molecule has 1 aliphatic rings. The van der Waals surface area contributed by atoms with Crippen molar-refractivity contribution in [1.82, 2.24) is 9.55 Å². The zero-order valence-electron chi connectivity index (χ0n) is 9.96. The minimum Gasteiger partial charge on any atom is -0.373 e. The number of hydrogen-bond donors (Lipinski definition) is 0. The lowest BCUT2D eigenvalue weighted by molar-refractivity contribution is 0.0863. The van der Waals surface area contributed by atoms with Gasteiger partial charge in [0, 0.05) is 17.6 Å². The van der Waals surface area contributed by atoms with Gasteiger partial charge in [-0.2, -0.15) is 0 Å². The second kappa shape index (κ2) is 4.07. The number of ether oxygens (including phenoxy) is 1. The van der Waals surface area contributed by atoms with Gasteiger partial charge in [0.15, 0.2) is 11.0 Å². The Morgan fingerprint density at radius 1 is 1.61 bits per heavy atom. The molecule has 0 saturated heterocycles. The highest BCUT2D eigenvalue weighted by atomic mass is 35.5. The lowest BCUT2D eigenvalue weighted by Crippen LogP contribution is -2.16. The highest BCUT2D eigenvalue weighted by Crippen LogP contribution is 2.32. The lowest BCUT2D eigenvalue weighted by Gasteiger charge is -2.16. The van der Waals surface area contributed by atoms with Crippen molar-refractivity contribution in [2.45, 2.75) is 20.1 Å². The predicted octanol–water partition coefficient (Wildman–Crippen LogP) is 3.39. The van der Waals surface area contributed by atoms with E-state index in [2.05, 4.69) is 11.6 Å². The van der Waals surface area contributed by atoms with Gasteiger partial charge in [0.1, 0.15) is 0 Å². The SMILES string of the molecule is C=C(C)c1nc(Cl)c(F)c2c1cc1n2CCOC1. The first-order valence-corrected chi connectivity index (χ1v) is 6.08. The molecular formula is C13H12ClFN2O. The van der Waals surface area contributed by atoms with Crippen LogP contribution in [-0.2, 0) is 17.9 Å². The molecule has 0 bridgehead atoms. The largest absolute Gasteiger partial charge is 0.373 e. The van der Waals surface area contributed by atoms with E-state index in [9.17, 15) is 4.39 Å². The maximum absolute atomic E-state index is 14.2. The normalized spacial score (nSPS) is 14.8. The fourth-order valence-electron chi connectivity index (χ4n) is 2.36. The Morgan fingerprint density at radius 2 is 2.39 bits per heavy atom. The van der Waals surface area contributed by atoms with Crippen molar-refractivity contribution in [2.24, 2.45) is 0 Å². The van der Waals surface area contributed by atoms with Crippen LogP contribution in [0, 0.1) is 5.82 Å². The first-order chi connectivity index (χ1) is 8.59. The summed E-state index contributed by atoms with van der Waals surface area (Å²) >= 11 is 5.86. The third-order valence-electron chi connectivity index (χ3n) is 3.15. The summed E-state index contributed by atoms with van der Waals surface area (Å²) in [5.41, 5.74) is 2.87. The van der Waals surface area contributed by atoms with Crippen LogP contribution in [-0.4, -0.2) is 16.2 Å².